The summed E-state index contributed by atoms with van der Waals surface area (Å²) in [5.41, 5.74) is 5.20. The second kappa shape index (κ2) is 12.9. The van der Waals surface area contributed by atoms with E-state index >= 15 is 0 Å². The lowest BCUT2D eigenvalue weighted by atomic mass is 10.0. The van der Waals surface area contributed by atoms with Gasteiger partial charge in [-0.15, -0.1) is 0 Å². The number of likely N-dealkylation sites (N-methyl/N-ethyl adjacent to an activating group) is 1. The van der Waals surface area contributed by atoms with E-state index in [1.165, 1.54) is 11.3 Å². The van der Waals surface area contributed by atoms with Gasteiger partial charge in [0.15, 0.2) is 17.3 Å². The minimum absolute atomic E-state index is 0.242. The van der Waals surface area contributed by atoms with Crippen LogP contribution in [0.25, 0.3) is 22.6 Å². The van der Waals surface area contributed by atoms with Crippen LogP contribution in [0.4, 0.5) is 11.5 Å². The first-order valence-corrected chi connectivity index (χ1v) is 16.2. The smallest absolute Gasteiger partial charge is 0.222 e. The van der Waals surface area contributed by atoms with Gasteiger partial charge in [-0.05, 0) is 56.1 Å². The van der Waals surface area contributed by atoms with Gasteiger partial charge in [0.1, 0.15) is 5.52 Å². The fourth-order valence-electron chi connectivity index (χ4n) is 6.66. The third-order valence-corrected chi connectivity index (χ3v) is 9.42. The van der Waals surface area contributed by atoms with Crippen molar-refractivity contribution in [1.82, 2.24) is 34.2 Å². The van der Waals surface area contributed by atoms with Crippen molar-refractivity contribution in [3.05, 3.63) is 66.5 Å². The fourth-order valence-corrected chi connectivity index (χ4v) is 6.66. The van der Waals surface area contributed by atoms with Gasteiger partial charge in [0, 0.05) is 89.2 Å². The molecule has 0 atom stereocenters. The summed E-state index contributed by atoms with van der Waals surface area (Å²) in [7, 11) is 2.18. The maximum absolute atomic E-state index is 12.3. The Hall–Kier alpha value is -4.02. The Morgan fingerprint density at radius 2 is 1.64 bits per heavy atom. The summed E-state index contributed by atoms with van der Waals surface area (Å²) in [6.07, 6.45) is 5.54. The zero-order chi connectivity index (χ0) is 29.9. The molecule has 1 amide bonds. The number of imidazole rings is 1. The van der Waals surface area contributed by atoms with Crippen LogP contribution < -0.4 is 10.2 Å². The number of likely N-dealkylation sites (tertiary alicyclic amines) is 2. The number of anilines is 2. The molecule has 0 spiro atoms. The maximum atomic E-state index is 12.3. The number of nitrogens with one attached hydrogen (secondary N) is 1. The first kappa shape index (κ1) is 28.7. The third kappa shape index (κ3) is 6.42. The van der Waals surface area contributed by atoms with E-state index in [9.17, 15) is 4.79 Å². The molecule has 10 nitrogen and oxygen atoms in total. The highest BCUT2D eigenvalue weighted by Gasteiger charge is 2.24. The maximum Gasteiger partial charge on any atom is 0.222 e. The van der Waals surface area contributed by atoms with Gasteiger partial charge in [-0.25, -0.2) is 15.0 Å². The van der Waals surface area contributed by atoms with Crippen molar-refractivity contribution in [2.75, 3.05) is 69.6 Å². The monoisotopic (exact) mass is 593 g/mol. The first-order valence-electron chi connectivity index (χ1n) is 16.2. The van der Waals surface area contributed by atoms with E-state index in [1.54, 1.807) is 0 Å². The molecule has 0 bridgehead atoms. The number of fused-ring (bicyclic) bond motifs is 1. The van der Waals surface area contributed by atoms with E-state index in [0.29, 0.717) is 31.4 Å². The van der Waals surface area contributed by atoms with E-state index in [4.69, 9.17) is 15.0 Å². The summed E-state index contributed by atoms with van der Waals surface area (Å²) in [6, 6.07) is 19.7. The highest BCUT2D eigenvalue weighted by molar-refractivity contribution is 5.85. The number of hydrogen-bond acceptors (Lipinski definition) is 8. The summed E-state index contributed by atoms with van der Waals surface area (Å²) >= 11 is 0. The van der Waals surface area contributed by atoms with Crippen molar-refractivity contribution in [1.29, 1.82) is 0 Å². The van der Waals surface area contributed by atoms with Gasteiger partial charge in [-0.1, -0.05) is 30.3 Å². The van der Waals surface area contributed by atoms with Crippen molar-refractivity contribution in [3.63, 3.8) is 0 Å². The van der Waals surface area contributed by atoms with Crippen LogP contribution >= 0.6 is 0 Å². The minimum Gasteiger partial charge on any atom is -0.369 e. The van der Waals surface area contributed by atoms with Crippen LogP contribution in [-0.4, -0.2) is 106 Å². The molecular weight excluding hydrogens is 550 g/mol. The number of amides is 1. The average Bonchev–Trinajstić information content (AvgIpc) is 3.67. The Morgan fingerprint density at radius 3 is 2.36 bits per heavy atom. The summed E-state index contributed by atoms with van der Waals surface area (Å²) in [5.74, 6) is 1.74. The largest absolute Gasteiger partial charge is 0.369 e. The van der Waals surface area contributed by atoms with Crippen LogP contribution in [-0.2, 0) is 17.9 Å². The summed E-state index contributed by atoms with van der Waals surface area (Å²) < 4.78 is 2.08. The van der Waals surface area contributed by atoms with Crippen LogP contribution in [0.15, 0.2) is 60.9 Å². The van der Waals surface area contributed by atoms with Crippen LogP contribution in [0.5, 0.6) is 0 Å². The number of nitrogens with zero attached hydrogens (tertiary/aromatic N) is 8. The van der Waals surface area contributed by atoms with Crippen molar-refractivity contribution in [2.24, 2.45) is 0 Å². The second-order valence-corrected chi connectivity index (χ2v) is 12.5. The van der Waals surface area contributed by atoms with Gasteiger partial charge < -0.3 is 24.6 Å². The lowest BCUT2D eigenvalue weighted by molar-refractivity contribution is -0.127. The predicted molar refractivity (Wildman–Crippen MR) is 175 cm³/mol. The zero-order valence-electron chi connectivity index (χ0n) is 25.7. The van der Waals surface area contributed by atoms with Crippen LogP contribution in [0.1, 0.15) is 31.2 Å². The van der Waals surface area contributed by atoms with E-state index in [1.807, 2.05) is 11.2 Å². The highest BCUT2D eigenvalue weighted by atomic mass is 16.2. The molecule has 230 valence electrons. The molecule has 0 aliphatic carbocycles. The highest BCUT2D eigenvalue weighted by Crippen LogP contribution is 2.28. The van der Waals surface area contributed by atoms with Gasteiger partial charge in [0.25, 0.3) is 0 Å². The molecule has 0 radical (unpaired) electrons. The summed E-state index contributed by atoms with van der Waals surface area (Å²) in [5, 5.41) is 3.77. The standard InChI is InChI=1S/C34H43N9O/c1-39-18-20-41(21-19-39)29-11-9-27(10-12-29)32-37-33(36-28-13-16-40(17-14-28)24-26-6-3-2-4-7-26)31-34(38-32)43(25-35-31)23-22-42-15-5-8-30(42)44/h2-4,6-7,9-12,25,28H,5,8,13-24H2,1H3,(H,36,37,38). The number of hydrogen-bond donors (Lipinski definition) is 1. The van der Waals surface area contributed by atoms with Crippen molar-refractivity contribution in [3.8, 4) is 11.4 Å². The van der Waals surface area contributed by atoms with E-state index in [0.717, 1.165) is 94.2 Å². The van der Waals surface area contributed by atoms with E-state index < -0.39 is 0 Å². The van der Waals surface area contributed by atoms with Crippen LogP contribution in [0, 0.1) is 0 Å². The Labute approximate surface area is 259 Å². The van der Waals surface area contributed by atoms with Gasteiger partial charge in [-0.3, -0.25) is 9.69 Å². The first-order chi connectivity index (χ1) is 21.6. The Kier molecular flexibility index (Phi) is 8.43. The Bertz CT molecular complexity index is 1560. The molecule has 0 saturated carbocycles. The number of piperazine rings is 1. The molecule has 2 aromatic carbocycles. The Morgan fingerprint density at radius 1 is 0.864 bits per heavy atom. The molecule has 7 rings (SSSR count). The molecule has 2 aromatic heterocycles. The summed E-state index contributed by atoms with van der Waals surface area (Å²) in [4.78, 5) is 36.5. The van der Waals surface area contributed by atoms with Gasteiger partial charge in [0.05, 0.1) is 6.33 Å². The number of piperidine rings is 1. The third-order valence-electron chi connectivity index (χ3n) is 9.42. The predicted octanol–water partition coefficient (Wildman–Crippen LogP) is 3.94. The molecule has 0 unspecified atom stereocenters. The van der Waals surface area contributed by atoms with E-state index in [-0.39, 0.29) is 5.91 Å². The van der Waals surface area contributed by atoms with Crippen LogP contribution in [0.3, 0.4) is 0 Å². The zero-order valence-corrected chi connectivity index (χ0v) is 25.7. The molecule has 44 heavy (non-hydrogen) atoms. The number of carbonyl (C=O) groups excluding carboxylic acids is 1. The number of aromatic nitrogens is 4. The van der Waals surface area contributed by atoms with Crippen molar-refractivity contribution in [2.45, 2.75) is 44.8 Å². The second-order valence-electron chi connectivity index (χ2n) is 12.5. The normalized spacial score (nSPS) is 18.9. The van der Waals surface area contributed by atoms with Crippen molar-refractivity contribution >= 4 is 28.6 Å². The van der Waals surface area contributed by atoms with Gasteiger partial charge in [-0.2, -0.15) is 0 Å². The van der Waals surface area contributed by atoms with Gasteiger partial charge >= 0.3 is 0 Å². The molecule has 3 aliphatic heterocycles. The van der Waals surface area contributed by atoms with Crippen LogP contribution in [0.2, 0.25) is 0 Å². The Balaban J connectivity index is 1.11. The lowest BCUT2D eigenvalue weighted by Gasteiger charge is -2.34. The molecule has 4 aromatic rings. The fraction of sp³-hybridized carbons (Fsp3) is 0.471. The SMILES string of the molecule is CN1CCN(c2ccc(-c3nc(NC4CCN(Cc5ccccc5)CC4)c4ncn(CCN5CCCC5=O)c4n3)cc2)CC1. The quantitative estimate of drug-likeness (QED) is 0.313. The molecule has 10 heteroatoms. The van der Waals surface area contributed by atoms with Crippen molar-refractivity contribution < 1.29 is 4.79 Å². The molecule has 5 heterocycles. The minimum atomic E-state index is 0.242. The molecular formula is C34H43N9O. The number of benzene rings is 2. The summed E-state index contributed by atoms with van der Waals surface area (Å²) in [6.45, 7) is 9.47. The molecule has 3 fully saturated rings. The van der Waals surface area contributed by atoms with Gasteiger partial charge in [0.2, 0.25) is 5.91 Å². The number of carbonyl (C=O) groups is 1. The number of rotatable bonds is 9. The molecule has 3 aliphatic rings. The molecule has 1 N–H and O–H groups in total. The average molecular weight is 594 g/mol. The lowest BCUT2D eigenvalue weighted by Crippen LogP contribution is -2.44. The molecule has 3 saturated heterocycles. The van der Waals surface area contributed by atoms with E-state index in [2.05, 4.69) is 86.2 Å². The topological polar surface area (TPSA) is 85.7 Å².